The van der Waals surface area contributed by atoms with E-state index in [1.165, 1.54) is 11.7 Å². The van der Waals surface area contributed by atoms with Crippen molar-refractivity contribution >= 4 is 35.4 Å². The number of imidazole rings is 1. The number of methoxy groups -OCH3 is 1. The van der Waals surface area contributed by atoms with Gasteiger partial charge in [0, 0.05) is 38.2 Å². The summed E-state index contributed by atoms with van der Waals surface area (Å²) < 4.78 is 8.85. The number of esters is 1. The van der Waals surface area contributed by atoms with Crippen LogP contribution in [0, 0.1) is 5.41 Å². The summed E-state index contributed by atoms with van der Waals surface area (Å²) in [5.74, 6) is 0.163. The molecule has 0 fully saturated rings. The number of carbonyl (C=O) groups is 1. The number of aryl methyl sites for hydroxylation is 2. The SMILES string of the molecule is COC(=O)CCCCn1c(=O)c2nc(-c3ccc(C(=N)N)cc3)n(C)c2n(C)c1=O.Cl. The van der Waals surface area contributed by atoms with E-state index in [2.05, 4.69) is 9.72 Å². The molecule has 0 bridgehead atoms. The lowest BCUT2D eigenvalue weighted by Gasteiger charge is -2.09. The smallest absolute Gasteiger partial charge is 0.332 e. The second-order valence-corrected chi connectivity index (χ2v) is 6.99. The zero-order valence-electron chi connectivity index (χ0n) is 17.5. The molecule has 1 aromatic carbocycles. The molecule has 3 aromatic rings. The normalized spacial score (nSPS) is 10.7. The van der Waals surface area contributed by atoms with Crippen LogP contribution in [0.5, 0.6) is 0 Å². The lowest BCUT2D eigenvalue weighted by Crippen LogP contribution is -2.39. The standard InChI is InChI=1S/C20H24N6O4.ClH/c1-24-17(13-9-7-12(8-10-13)16(21)22)23-15-18(24)25(2)20(29)26(19(15)28)11-5-4-6-14(27)30-3;/h7-10H,4-6,11H2,1-3H3,(H3,21,22);1H. The van der Waals surface area contributed by atoms with Crippen molar-refractivity contribution in [3.8, 4) is 11.4 Å². The molecule has 31 heavy (non-hydrogen) atoms. The molecule has 11 heteroatoms. The number of hydrogen-bond donors (Lipinski definition) is 2. The third-order valence-corrected chi connectivity index (χ3v) is 5.04. The maximum Gasteiger partial charge on any atom is 0.332 e. The molecule has 0 spiro atoms. The second-order valence-electron chi connectivity index (χ2n) is 6.99. The fourth-order valence-corrected chi connectivity index (χ4v) is 3.40. The second kappa shape index (κ2) is 9.61. The molecule has 3 N–H and O–H groups in total. The van der Waals surface area contributed by atoms with E-state index in [4.69, 9.17) is 11.1 Å². The summed E-state index contributed by atoms with van der Waals surface area (Å²) in [6.07, 6.45) is 1.23. The Hall–Kier alpha value is -3.40. The molecule has 0 saturated carbocycles. The van der Waals surface area contributed by atoms with Crippen molar-refractivity contribution in [2.24, 2.45) is 19.8 Å². The number of halogens is 1. The van der Waals surface area contributed by atoms with Crippen LogP contribution in [0.3, 0.4) is 0 Å². The minimum Gasteiger partial charge on any atom is -0.469 e. The van der Waals surface area contributed by atoms with Crippen LogP contribution >= 0.6 is 12.4 Å². The van der Waals surface area contributed by atoms with Crippen molar-refractivity contribution in [3.05, 3.63) is 50.7 Å². The number of hydrogen-bond acceptors (Lipinski definition) is 6. The highest BCUT2D eigenvalue weighted by molar-refractivity contribution is 5.95. The van der Waals surface area contributed by atoms with Gasteiger partial charge in [-0.2, -0.15) is 0 Å². The molecular formula is C20H25ClN6O4. The van der Waals surface area contributed by atoms with E-state index in [0.29, 0.717) is 29.9 Å². The summed E-state index contributed by atoms with van der Waals surface area (Å²) in [6.45, 7) is 0.192. The molecule has 0 saturated heterocycles. The number of rotatable bonds is 7. The molecule has 0 radical (unpaired) electrons. The Bertz CT molecular complexity index is 1240. The number of nitrogens with one attached hydrogen (secondary N) is 1. The average molecular weight is 449 g/mol. The van der Waals surface area contributed by atoms with Crippen LogP contribution in [0.25, 0.3) is 22.6 Å². The van der Waals surface area contributed by atoms with Gasteiger partial charge in [0.2, 0.25) is 0 Å². The molecule has 2 heterocycles. The van der Waals surface area contributed by atoms with Crippen molar-refractivity contribution in [1.29, 1.82) is 5.41 Å². The zero-order chi connectivity index (χ0) is 22.0. The van der Waals surface area contributed by atoms with E-state index in [0.717, 1.165) is 10.1 Å². The van der Waals surface area contributed by atoms with Crippen LogP contribution in [0.1, 0.15) is 24.8 Å². The molecule has 0 amide bonds. The third kappa shape index (κ3) is 4.53. The van der Waals surface area contributed by atoms with Crippen molar-refractivity contribution < 1.29 is 9.53 Å². The van der Waals surface area contributed by atoms with Gasteiger partial charge in [0.15, 0.2) is 5.52 Å². The van der Waals surface area contributed by atoms with Gasteiger partial charge in [-0.25, -0.2) is 9.78 Å². The molecule has 0 aliphatic rings. The lowest BCUT2D eigenvalue weighted by atomic mass is 10.1. The number of ether oxygens (including phenoxy) is 1. The summed E-state index contributed by atoms with van der Waals surface area (Å²) in [5, 5.41) is 7.50. The van der Waals surface area contributed by atoms with E-state index in [9.17, 15) is 14.4 Å². The number of nitrogen functional groups attached to an aromatic ring is 1. The van der Waals surface area contributed by atoms with Gasteiger partial charge in [-0.05, 0) is 12.8 Å². The van der Waals surface area contributed by atoms with E-state index in [-0.39, 0.29) is 42.7 Å². The first kappa shape index (κ1) is 23.9. The Morgan fingerprint density at radius 2 is 1.77 bits per heavy atom. The molecule has 0 atom stereocenters. The maximum atomic E-state index is 13.0. The first-order valence-electron chi connectivity index (χ1n) is 9.44. The van der Waals surface area contributed by atoms with Gasteiger partial charge >= 0.3 is 11.7 Å². The van der Waals surface area contributed by atoms with Gasteiger partial charge in [-0.1, -0.05) is 24.3 Å². The van der Waals surface area contributed by atoms with Gasteiger partial charge in [-0.3, -0.25) is 24.1 Å². The monoisotopic (exact) mass is 448 g/mol. The molecular weight excluding hydrogens is 424 g/mol. The Kier molecular flexibility index (Phi) is 7.40. The molecule has 3 rings (SSSR count). The Balaban J connectivity index is 0.00000341. The number of unbranched alkanes of at least 4 members (excludes halogenated alkanes) is 1. The van der Waals surface area contributed by atoms with Gasteiger partial charge in [0.1, 0.15) is 17.3 Å². The van der Waals surface area contributed by atoms with E-state index >= 15 is 0 Å². The van der Waals surface area contributed by atoms with Crippen LogP contribution in [0.15, 0.2) is 33.9 Å². The lowest BCUT2D eigenvalue weighted by molar-refractivity contribution is -0.140. The quantitative estimate of drug-likeness (QED) is 0.240. The summed E-state index contributed by atoms with van der Waals surface area (Å²) in [6, 6.07) is 6.94. The van der Waals surface area contributed by atoms with E-state index < -0.39 is 11.2 Å². The van der Waals surface area contributed by atoms with E-state index in [1.54, 1.807) is 42.9 Å². The van der Waals surface area contributed by atoms with Gasteiger partial charge in [-0.15, -0.1) is 12.4 Å². The third-order valence-electron chi connectivity index (χ3n) is 5.04. The number of amidine groups is 1. The summed E-state index contributed by atoms with van der Waals surface area (Å²) in [7, 11) is 4.66. The topological polar surface area (TPSA) is 138 Å². The maximum absolute atomic E-state index is 13.0. The summed E-state index contributed by atoms with van der Waals surface area (Å²) in [5.41, 5.74) is 6.52. The first-order valence-corrected chi connectivity index (χ1v) is 9.44. The molecule has 2 aromatic heterocycles. The first-order chi connectivity index (χ1) is 14.3. The molecule has 0 aliphatic carbocycles. The largest absolute Gasteiger partial charge is 0.469 e. The highest BCUT2D eigenvalue weighted by atomic mass is 35.5. The van der Waals surface area contributed by atoms with Crippen molar-refractivity contribution in [3.63, 3.8) is 0 Å². The number of nitrogens with zero attached hydrogens (tertiary/aromatic N) is 4. The predicted molar refractivity (Wildman–Crippen MR) is 120 cm³/mol. The minimum atomic E-state index is -0.464. The number of fused-ring (bicyclic) bond motifs is 1. The predicted octanol–water partition coefficient (Wildman–Crippen LogP) is 1.15. The van der Waals surface area contributed by atoms with Gasteiger partial charge < -0.3 is 15.0 Å². The number of benzene rings is 1. The van der Waals surface area contributed by atoms with Gasteiger partial charge in [0.05, 0.1) is 7.11 Å². The highest BCUT2D eigenvalue weighted by Crippen LogP contribution is 2.21. The highest BCUT2D eigenvalue weighted by Gasteiger charge is 2.19. The Labute approximate surface area is 184 Å². The van der Waals surface area contributed by atoms with Crippen LogP contribution < -0.4 is 17.0 Å². The molecule has 0 aliphatic heterocycles. The zero-order valence-corrected chi connectivity index (χ0v) is 18.4. The Morgan fingerprint density at radius 3 is 2.35 bits per heavy atom. The molecule has 10 nitrogen and oxygen atoms in total. The van der Waals surface area contributed by atoms with Crippen LogP contribution in [0.4, 0.5) is 0 Å². The average Bonchev–Trinajstić information content (AvgIpc) is 3.08. The fraction of sp³-hybridized carbons (Fsp3) is 0.350. The fourth-order valence-electron chi connectivity index (χ4n) is 3.40. The van der Waals surface area contributed by atoms with Gasteiger partial charge in [0.25, 0.3) is 5.56 Å². The van der Waals surface area contributed by atoms with Crippen LogP contribution in [-0.4, -0.2) is 37.6 Å². The van der Waals surface area contributed by atoms with Crippen molar-refractivity contribution in [2.45, 2.75) is 25.8 Å². The number of nitrogens with two attached hydrogens (primary N) is 1. The summed E-state index contributed by atoms with van der Waals surface area (Å²) >= 11 is 0. The molecule has 0 unspecified atom stereocenters. The van der Waals surface area contributed by atoms with Crippen LogP contribution in [-0.2, 0) is 30.2 Å². The summed E-state index contributed by atoms with van der Waals surface area (Å²) in [4.78, 5) is 41.5. The molecule has 166 valence electrons. The minimum absolute atomic E-state index is 0. The Morgan fingerprint density at radius 1 is 1.13 bits per heavy atom. The van der Waals surface area contributed by atoms with Crippen molar-refractivity contribution in [1.82, 2.24) is 18.7 Å². The van der Waals surface area contributed by atoms with Crippen LogP contribution in [0.2, 0.25) is 0 Å². The number of carbonyl (C=O) groups excluding carboxylic acids is 1. The van der Waals surface area contributed by atoms with E-state index in [1.807, 2.05) is 0 Å². The number of aromatic nitrogens is 4. The van der Waals surface area contributed by atoms with Crippen molar-refractivity contribution in [2.75, 3.05) is 7.11 Å².